The summed E-state index contributed by atoms with van der Waals surface area (Å²) in [6.45, 7) is 1.69. The highest BCUT2D eigenvalue weighted by Gasteiger charge is 2.27. The highest BCUT2D eigenvalue weighted by molar-refractivity contribution is 5.82. The predicted octanol–water partition coefficient (Wildman–Crippen LogP) is 0.872. The van der Waals surface area contributed by atoms with E-state index in [9.17, 15) is 0 Å². The summed E-state index contributed by atoms with van der Waals surface area (Å²) in [5.41, 5.74) is 2.12. The highest BCUT2D eigenvalue weighted by atomic mass is 15.3. The van der Waals surface area contributed by atoms with E-state index in [4.69, 9.17) is 5.26 Å². The molecule has 1 unspecified atom stereocenters. The summed E-state index contributed by atoms with van der Waals surface area (Å²) in [6.07, 6.45) is 7.52. The number of anilines is 1. The van der Waals surface area contributed by atoms with Crippen molar-refractivity contribution in [2.45, 2.75) is 12.5 Å². The maximum absolute atomic E-state index is 8.88. The van der Waals surface area contributed by atoms with E-state index in [1.807, 2.05) is 4.68 Å². The average Bonchev–Trinajstić information content (AvgIpc) is 3.25. The van der Waals surface area contributed by atoms with Crippen molar-refractivity contribution in [3.05, 3.63) is 30.6 Å². The van der Waals surface area contributed by atoms with E-state index in [2.05, 4.69) is 36.0 Å². The molecule has 1 saturated heterocycles. The molecule has 0 amide bonds. The molecule has 1 fully saturated rings. The zero-order valence-electron chi connectivity index (χ0n) is 11.1. The molecule has 8 nitrogen and oxygen atoms in total. The van der Waals surface area contributed by atoms with E-state index in [1.54, 1.807) is 18.7 Å². The first-order chi connectivity index (χ1) is 10.3. The van der Waals surface area contributed by atoms with Crippen LogP contribution < -0.4 is 4.90 Å². The van der Waals surface area contributed by atoms with Crippen molar-refractivity contribution >= 4 is 17.0 Å². The summed E-state index contributed by atoms with van der Waals surface area (Å²) in [7, 11) is 0. The standard InChI is InChI=1S/C13H12N8/c14-3-9-4-19-21(5-9)10-1-2-20(6-10)13-11-12(16-7-15-11)17-8-18-13/h4-5,7-8,10H,1-2,6H2,(H,15,16,17,18). The van der Waals surface area contributed by atoms with Crippen LogP contribution >= 0.6 is 0 Å². The molecular formula is C13H12N8. The van der Waals surface area contributed by atoms with Crippen LogP contribution in [0.1, 0.15) is 18.0 Å². The predicted molar refractivity (Wildman–Crippen MR) is 74.5 cm³/mol. The van der Waals surface area contributed by atoms with Crippen LogP contribution in [-0.2, 0) is 0 Å². The van der Waals surface area contributed by atoms with Crippen LogP contribution in [0.5, 0.6) is 0 Å². The van der Waals surface area contributed by atoms with Crippen molar-refractivity contribution in [2.24, 2.45) is 0 Å². The molecule has 0 saturated carbocycles. The maximum Gasteiger partial charge on any atom is 0.182 e. The van der Waals surface area contributed by atoms with E-state index in [0.29, 0.717) is 11.2 Å². The number of nitrogens with one attached hydrogen (secondary N) is 1. The molecule has 0 radical (unpaired) electrons. The van der Waals surface area contributed by atoms with E-state index < -0.39 is 0 Å². The largest absolute Gasteiger partial charge is 0.352 e. The van der Waals surface area contributed by atoms with Crippen LogP contribution in [0.2, 0.25) is 0 Å². The third kappa shape index (κ3) is 1.90. The van der Waals surface area contributed by atoms with Crippen molar-refractivity contribution in [2.75, 3.05) is 18.0 Å². The van der Waals surface area contributed by atoms with Gasteiger partial charge in [-0.3, -0.25) is 4.68 Å². The smallest absolute Gasteiger partial charge is 0.182 e. The molecule has 0 aromatic carbocycles. The van der Waals surface area contributed by atoms with Crippen molar-refractivity contribution in [1.82, 2.24) is 29.7 Å². The molecule has 0 bridgehead atoms. The minimum absolute atomic E-state index is 0.250. The summed E-state index contributed by atoms with van der Waals surface area (Å²) in [4.78, 5) is 17.9. The Morgan fingerprint density at radius 3 is 3.14 bits per heavy atom. The topological polar surface area (TPSA) is 99.3 Å². The van der Waals surface area contributed by atoms with Gasteiger partial charge in [0.05, 0.1) is 24.1 Å². The zero-order valence-corrected chi connectivity index (χ0v) is 11.1. The Hall–Kier alpha value is -2.95. The fraction of sp³-hybridized carbons (Fsp3) is 0.308. The third-order valence-electron chi connectivity index (χ3n) is 3.77. The lowest BCUT2D eigenvalue weighted by atomic mass is 10.3. The number of aromatic nitrogens is 6. The SMILES string of the molecule is N#Cc1cnn(C2CCN(c3ncnc4nc[nH]c34)C2)c1. The molecule has 3 aromatic heterocycles. The summed E-state index contributed by atoms with van der Waals surface area (Å²) in [5.74, 6) is 0.868. The summed E-state index contributed by atoms with van der Waals surface area (Å²) in [6, 6.07) is 2.35. The van der Waals surface area contributed by atoms with Crippen LogP contribution in [0.15, 0.2) is 25.0 Å². The number of hydrogen-bond donors (Lipinski definition) is 1. The van der Waals surface area contributed by atoms with Gasteiger partial charge in [0.2, 0.25) is 0 Å². The molecule has 21 heavy (non-hydrogen) atoms. The molecule has 0 aliphatic carbocycles. The van der Waals surface area contributed by atoms with Crippen molar-refractivity contribution in [1.29, 1.82) is 5.26 Å². The molecule has 0 spiro atoms. The molecule has 1 aliphatic rings. The van der Waals surface area contributed by atoms with Gasteiger partial charge in [-0.05, 0) is 6.42 Å². The molecule has 4 rings (SSSR count). The van der Waals surface area contributed by atoms with E-state index in [1.165, 1.54) is 6.33 Å². The van der Waals surface area contributed by atoms with Crippen molar-refractivity contribution in [3.8, 4) is 6.07 Å². The van der Waals surface area contributed by atoms with Crippen molar-refractivity contribution in [3.63, 3.8) is 0 Å². The second-order valence-corrected chi connectivity index (χ2v) is 5.01. The van der Waals surface area contributed by atoms with E-state index >= 15 is 0 Å². The molecule has 1 N–H and O–H groups in total. The Morgan fingerprint density at radius 1 is 1.33 bits per heavy atom. The van der Waals surface area contributed by atoms with Gasteiger partial charge in [0.15, 0.2) is 11.5 Å². The van der Waals surface area contributed by atoms with E-state index in [0.717, 1.165) is 30.8 Å². The number of nitriles is 1. The lowest BCUT2D eigenvalue weighted by molar-refractivity contribution is 0.494. The Bertz CT molecular complexity index is 826. The van der Waals surface area contributed by atoms with Gasteiger partial charge in [0.25, 0.3) is 0 Å². The van der Waals surface area contributed by atoms with Crippen LogP contribution in [0, 0.1) is 11.3 Å². The minimum Gasteiger partial charge on any atom is -0.352 e. The van der Waals surface area contributed by atoms with Gasteiger partial charge < -0.3 is 9.88 Å². The highest BCUT2D eigenvalue weighted by Crippen LogP contribution is 2.28. The van der Waals surface area contributed by atoms with E-state index in [-0.39, 0.29) is 6.04 Å². The number of nitrogens with zero attached hydrogens (tertiary/aromatic N) is 7. The molecule has 3 aromatic rings. The Morgan fingerprint density at radius 2 is 2.29 bits per heavy atom. The normalized spacial score (nSPS) is 18.2. The van der Waals surface area contributed by atoms with Crippen LogP contribution in [0.4, 0.5) is 5.82 Å². The quantitative estimate of drug-likeness (QED) is 0.747. The molecule has 8 heteroatoms. The number of hydrogen-bond acceptors (Lipinski definition) is 6. The van der Waals surface area contributed by atoms with Gasteiger partial charge in [-0.1, -0.05) is 0 Å². The molecular weight excluding hydrogens is 268 g/mol. The fourth-order valence-corrected chi connectivity index (χ4v) is 2.74. The lowest BCUT2D eigenvalue weighted by Crippen LogP contribution is -2.22. The van der Waals surface area contributed by atoms with Gasteiger partial charge in [-0.2, -0.15) is 10.4 Å². The number of H-pyrrole nitrogens is 1. The van der Waals surface area contributed by atoms with Gasteiger partial charge in [0.1, 0.15) is 17.9 Å². The lowest BCUT2D eigenvalue weighted by Gasteiger charge is -2.17. The van der Waals surface area contributed by atoms with Crippen molar-refractivity contribution < 1.29 is 0 Å². The Labute approximate surface area is 120 Å². The third-order valence-corrected chi connectivity index (χ3v) is 3.77. The fourth-order valence-electron chi connectivity index (χ4n) is 2.74. The van der Waals surface area contributed by atoms with Gasteiger partial charge >= 0.3 is 0 Å². The van der Waals surface area contributed by atoms with Crippen LogP contribution in [0.3, 0.4) is 0 Å². The summed E-state index contributed by atoms with van der Waals surface area (Å²) < 4.78 is 1.86. The summed E-state index contributed by atoms with van der Waals surface area (Å²) in [5, 5.41) is 13.1. The first-order valence-corrected chi connectivity index (χ1v) is 6.68. The number of aromatic amines is 1. The average molecular weight is 280 g/mol. The first-order valence-electron chi connectivity index (χ1n) is 6.68. The first kappa shape index (κ1) is 11.8. The van der Waals surface area contributed by atoms with Gasteiger partial charge in [-0.15, -0.1) is 0 Å². The Kier molecular flexibility index (Phi) is 2.57. The monoisotopic (exact) mass is 280 g/mol. The molecule has 4 heterocycles. The minimum atomic E-state index is 0.250. The molecule has 1 aliphatic heterocycles. The number of rotatable bonds is 2. The molecule has 1 atom stereocenters. The Balaban J connectivity index is 1.61. The second kappa shape index (κ2) is 4.56. The summed E-state index contributed by atoms with van der Waals surface area (Å²) >= 11 is 0. The number of imidazole rings is 1. The van der Waals surface area contributed by atoms with Crippen LogP contribution in [-0.4, -0.2) is 42.8 Å². The van der Waals surface area contributed by atoms with Gasteiger partial charge in [-0.25, -0.2) is 15.0 Å². The maximum atomic E-state index is 8.88. The number of fused-ring (bicyclic) bond motifs is 1. The van der Waals surface area contributed by atoms with Crippen LogP contribution in [0.25, 0.3) is 11.2 Å². The zero-order chi connectivity index (χ0) is 14.2. The second-order valence-electron chi connectivity index (χ2n) is 5.01. The van der Waals surface area contributed by atoms with Gasteiger partial charge in [0, 0.05) is 19.3 Å². The molecule has 104 valence electrons.